The van der Waals surface area contributed by atoms with Crippen LogP contribution >= 0.6 is 0 Å². The average molecular weight is 384 g/mol. The smallest absolute Gasteiger partial charge is 0.410 e. The summed E-state index contributed by atoms with van der Waals surface area (Å²) in [5, 5.41) is 0. The van der Waals surface area contributed by atoms with Crippen molar-refractivity contribution in [2.24, 2.45) is 5.73 Å². The van der Waals surface area contributed by atoms with Crippen LogP contribution in [0.5, 0.6) is 0 Å². The highest BCUT2D eigenvalue weighted by Gasteiger charge is 2.32. The zero-order chi connectivity index (χ0) is 19.8. The molecule has 0 aromatic heterocycles. The number of hydrogen-bond donors (Lipinski definition) is 1. The van der Waals surface area contributed by atoms with Gasteiger partial charge in [-0.15, -0.1) is 0 Å². The van der Waals surface area contributed by atoms with E-state index in [0.717, 1.165) is 6.42 Å². The summed E-state index contributed by atoms with van der Waals surface area (Å²) in [6, 6.07) is 25.0. The topological polar surface area (TPSA) is 55.6 Å². The largest absolute Gasteiger partial charge is 0.448 e. The Labute approximate surface area is 170 Å². The van der Waals surface area contributed by atoms with E-state index in [4.69, 9.17) is 10.5 Å². The lowest BCUT2D eigenvalue weighted by molar-refractivity contribution is 0.0779. The number of ether oxygens (including phenoxy) is 1. The number of fused-ring (bicyclic) bond motifs is 4. The zero-order valence-electron chi connectivity index (χ0n) is 16.3. The molecule has 4 heteroatoms. The third-order valence-electron chi connectivity index (χ3n) is 6.20. The molecule has 0 spiro atoms. The van der Waals surface area contributed by atoms with Crippen LogP contribution in [0.3, 0.4) is 0 Å². The summed E-state index contributed by atoms with van der Waals surface area (Å²) >= 11 is 0. The molecule has 1 heterocycles. The number of hydrogen-bond acceptors (Lipinski definition) is 3. The van der Waals surface area contributed by atoms with E-state index in [9.17, 15) is 4.79 Å². The maximum Gasteiger partial charge on any atom is 0.410 e. The standard InChI is InChI=1S/C25H24N2O2/c26-14-19-13-17-7-1-2-8-18(17)15-27(19)25(28)29-16-24-22-11-5-3-9-20(22)21-10-4-6-12-23(21)24/h1-12,19,24H,13-16,26H2. The van der Waals surface area contributed by atoms with E-state index in [1.807, 2.05) is 24.3 Å². The predicted molar refractivity (Wildman–Crippen MR) is 114 cm³/mol. The quantitative estimate of drug-likeness (QED) is 0.732. The van der Waals surface area contributed by atoms with Gasteiger partial charge < -0.3 is 10.5 Å². The molecule has 4 nitrogen and oxygen atoms in total. The van der Waals surface area contributed by atoms with Crippen molar-refractivity contribution in [1.82, 2.24) is 4.90 Å². The number of carbonyl (C=O) groups is 1. The summed E-state index contributed by atoms with van der Waals surface area (Å²) in [6.45, 7) is 1.32. The summed E-state index contributed by atoms with van der Waals surface area (Å²) in [5.41, 5.74) is 13.3. The van der Waals surface area contributed by atoms with Gasteiger partial charge >= 0.3 is 6.09 Å². The maximum atomic E-state index is 13.0. The first-order chi connectivity index (χ1) is 14.3. The number of carbonyl (C=O) groups excluding carboxylic acids is 1. The van der Waals surface area contributed by atoms with Gasteiger partial charge in [0.15, 0.2) is 0 Å². The van der Waals surface area contributed by atoms with Crippen molar-refractivity contribution in [2.75, 3.05) is 13.2 Å². The molecule has 0 saturated carbocycles. The fourth-order valence-electron chi connectivity index (χ4n) is 4.69. The van der Waals surface area contributed by atoms with E-state index in [2.05, 4.69) is 48.5 Å². The van der Waals surface area contributed by atoms with Crippen LogP contribution in [0, 0.1) is 0 Å². The van der Waals surface area contributed by atoms with Crippen LogP contribution in [-0.2, 0) is 17.7 Å². The normalized spacial score (nSPS) is 17.4. The Bertz CT molecular complexity index is 1020. The first kappa shape index (κ1) is 18.0. The minimum Gasteiger partial charge on any atom is -0.448 e. The molecule has 3 aromatic carbocycles. The number of amides is 1. The lowest BCUT2D eigenvalue weighted by Gasteiger charge is -2.35. The molecule has 146 valence electrons. The van der Waals surface area contributed by atoms with Crippen molar-refractivity contribution in [1.29, 1.82) is 0 Å². The highest BCUT2D eigenvalue weighted by molar-refractivity contribution is 5.79. The second-order valence-electron chi connectivity index (χ2n) is 7.79. The SMILES string of the molecule is NCC1Cc2ccccc2CN1C(=O)OCC1c2ccccc2-c2ccccc21. The van der Waals surface area contributed by atoms with Crippen LogP contribution < -0.4 is 5.73 Å². The second kappa shape index (κ2) is 7.37. The van der Waals surface area contributed by atoms with Crippen LogP contribution in [0.15, 0.2) is 72.8 Å². The van der Waals surface area contributed by atoms with E-state index in [1.165, 1.54) is 33.4 Å². The molecule has 1 aliphatic heterocycles. The van der Waals surface area contributed by atoms with Gasteiger partial charge in [0.25, 0.3) is 0 Å². The lowest BCUT2D eigenvalue weighted by atomic mass is 9.94. The first-order valence-electron chi connectivity index (χ1n) is 10.1. The Morgan fingerprint density at radius 3 is 2.14 bits per heavy atom. The van der Waals surface area contributed by atoms with E-state index < -0.39 is 0 Å². The second-order valence-corrected chi connectivity index (χ2v) is 7.79. The van der Waals surface area contributed by atoms with Crippen molar-refractivity contribution in [3.05, 3.63) is 95.1 Å². The van der Waals surface area contributed by atoms with Crippen LogP contribution in [0.1, 0.15) is 28.2 Å². The van der Waals surface area contributed by atoms with Crippen LogP contribution in [0.4, 0.5) is 4.79 Å². The number of rotatable bonds is 3. The molecule has 1 aliphatic carbocycles. The highest BCUT2D eigenvalue weighted by atomic mass is 16.6. The van der Waals surface area contributed by atoms with Gasteiger partial charge in [-0.2, -0.15) is 0 Å². The van der Waals surface area contributed by atoms with E-state index >= 15 is 0 Å². The monoisotopic (exact) mass is 384 g/mol. The lowest BCUT2D eigenvalue weighted by Crippen LogP contribution is -2.48. The molecule has 1 unspecified atom stereocenters. The van der Waals surface area contributed by atoms with Crippen LogP contribution in [0.25, 0.3) is 11.1 Å². The summed E-state index contributed by atoms with van der Waals surface area (Å²) in [6.07, 6.45) is 0.494. The number of nitrogens with zero attached hydrogens (tertiary/aromatic N) is 1. The average Bonchev–Trinajstić information content (AvgIpc) is 3.10. The van der Waals surface area contributed by atoms with Gasteiger partial charge in [-0.05, 0) is 39.8 Å². The van der Waals surface area contributed by atoms with Gasteiger partial charge in [-0.3, -0.25) is 4.90 Å². The molecule has 1 amide bonds. The molecular weight excluding hydrogens is 360 g/mol. The molecule has 5 rings (SSSR count). The van der Waals surface area contributed by atoms with Gasteiger partial charge in [0.2, 0.25) is 0 Å². The van der Waals surface area contributed by atoms with Gasteiger partial charge in [-0.1, -0.05) is 72.8 Å². The summed E-state index contributed by atoms with van der Waals surface area (Å²) in [4.78, 5) is 14.8. The van der Waals surface area contributed by atoms with Gasteiger partial charge in [0, 0.05) is 19.0 Å². The van der Waals surface area contributed by atoms with Crippen molar-refractivity contribution in [3.8, 4) is 11.1 Å². The number of nitrogens with two attached hydrogens (primary N) is 1. The minimum atomic E-state index is -0.281. The van der Waals surface area contributed by atoms with Crippen molar-refractivity contribution < 1.29 is 9.53 Å². The highest BCUT2D eigenvalue weighted by Crippen LogP contribution is 2.44. The third kappa shape index (κ3) is 3.10. The predicted octanol–water partition coefficient (Wildman–Crippen LogP) is 4.32. The molecule has 2 aliphatic rings. The number of benzene rings is 3. The Balaban J connectivity index is 1.36. The van der Waals surface area contributed by atoms with Crippen LogP contribution in [-0.4, -0.2) is 30.2 Å². The third-order valence-corrected chi connectivity index (χ3v) is 6.20. The molecular formula is C25H24N2O2. The summed E-state index contributed by atoms with van der Waals surface area (Å²) in [7, 11) is 0. The molecule has 0 radical (unpaired) electrons. The molecule has 0 saturated heterocycles. The Hall–Kier alpha value is -3.11. The Morgan fingerprint density at radius 2 is 1.48 bits per heavy atom. The molecule has 2 N–H and O–H groups in total. The van der Waals surface area contributed by atoms with E-state index in [1.54, 1.807) is 4.90 Å². The molecule has 0 fully saturated rings. The summed E-state index contributed by atoms with van der Waals surface area (Å²) < 4.78 is 5.86. The fraction of sp³-hybridized carbons (Fsp3) is 0.240. The van der Waals surface area contributed by atoms with Crippen LogP contribution in [0.2, 0.25) is 0 Å². The van der Waals surface area contributed by atoms with Crippen molar-refractivity contribution >= 4 is 6.09 Å². The van der Waals surface area contributed by atoms with Crippen molar-refractivity contribution in [3.63, 3.8) is 0 Å². The molecule has 3 aromatic rings. The summed E-state index contributed by atoms with van der Waals surface area (Å²) in [5.74, 6) is 0.0692. The van der Waals surface area contributed by atoms with Gasteiger partial charge in [0.1, 0.15) is 6.61 Å². The molecule has 1 atom stereocenters. The van der Waals surface area contributed by atoms with Gasteiger partial charge in [-0.25, -0.2) is 4.79 Å². The van der Waals surface area contributed by atoms with E-state index in [0.29, 0.717) is 19.7 Å². The zero-order valence-corrected chi connectivity index (χ0v) is 16.3. The molecule has 29 heavy (non-hydrogen) atoms. The Morgan fingerprint density at radius 1 is 0.897 bits per heavy atom. The Kier molecular flexibility index (Phi) is 4.57. The van der Waals surface area contributed by atoms with E-state index in [-0.39, 0.29) is 18.1 Å². The first-order valence-corrected chi connectivity index (χ1v) is 10.1. The van der Waals surface area contributed by atoms with Gasteiger partial charge in [0.05, 0.1) is 6.04 Å². The molecule has 0 bridgehead atoms. The minimum absolute atomic E-state index is 0.0273. The maximum absolute atomic E-state index is 13.0. The van der Waals surface area contributed by atoms with Crippen molar-refractivity contribution in [2.45, 2.75) is 24.9 Å². The fourth-order valence-corrected chi connectivity index (χ4v) is 4.69.